The van der Waals surface area contributed by atoms with Crippen LogP contribution in [0.2, 0.25) is 0 Å². The van der Waals surface area contributed by atoms with Crippen LogP contribution in [0.1, 0.15) is 141 Å². The first-order valence-electron chi connectivity index (χ1n) is 17.8. The number of hydrogen-bond donors (Lipinski definition) is 1. The van der Waals surface area contributed by atoms with Gasteiger partial charge in [0.2, 0.25) is 0 Å². The molecule has 5 nitrogen and oxygen atoms in total. The average molecular weight is 688 g/mol. The average Bonchev–Trinajstić information content (AvgIpc) is 3.05. The molecule has 0 aromatic heterocycles. The van der Waals surface area contributed by atoms with E-state index in [0.29, 0.717) is 40.9 Å². The molecular weight excluding hydrogens is 631 g/mol. The summed E-state index contributed by atoms with van der Waals surface area (Å²) in [5.41, 5.74) is 4.65. The van der Waals surface area contributed by atoms with E-state index in [0.717, 1.165) is 16.7 Å². The van der Waals surface area contributed by atoms with Crippen molar-refractivity contribution in [2.75, 3.05) is 5.32 Å². The van der Waals surface area contributed by atoms with Gasteiger partial charge in [0.1, 0.15) is 0 Å². The van der Waals surface area contributed by atoms with Gasteiger partial charge in [-0.2, -0.15) is 0 Å². The first kappa shape index (κ1) is 40.8. The third kappa shape index (κ3) is 11.4. The molecule has 0 aliphatic heterocycles. The summed E-state index contributed by atoms with van der Waals surface area (Å²) >= 11 is 0. The van der Waals surface area contributed by atoms with Gasteiger partial charge in [-0.05, 0) is 41.3 Å². The maximum Gasteiger partial charge on any atom is 0.170 e. The van der Waals surface area contributed by atoms with E-state index in [1.54, 1.807) is 18.2 Å². The minimum atomic E-state index is -0.487. The van der Waals surface area contributed by atoms with E-state index in [2.05, 4.69) is 5.32 Å². The topological polar surface area (TPSA) is 80.3 Å². The van der Waals surface area contributed by atoms with Gasteiger partial charge >= 0.3 is 0 Å². The molecule has 270 valence electrons. The molecule has 0 radical (unpaired) electrons. The summed E-state index contributed by atoms with van der Waals surface area (Å²) in [4.78, 5) is 51.0. The number of rotatable bonds is 9. The first-order valence-corrected chi connectivity index (χ1v) is 17.8. The fraction of sp³-hybridized carbons (Fsp3) is 0.391. The summed E-state index contributed by atoms with van der Waals surface area (Å²) < 4.78 is 0. The molecule has 0 amide bonds. The summed E-state index contributed by atoms with van der Waals surface area (Å²) in [6.07, 6.45) is 0.642. The molecule has 0 saturated heterocycles. The lowest BCUT2D eigenvalue weighted by atomic mass is 9.81. The monoisotopic (exact) mass is 687 g/mol. The number of carbonyl (C=O) groups is 4. The molecule has 5 heteroatoms. The number of nitrogens with one attached hydrogen (secondary N) is 1. The molecule has 0 aliphatic carbocycles. The molecule has 0 spiro atoms. The lowest BCUT2D eigenvalue weighted by Crippen LogP contribution is -2.23. The summed E-state index contributed by atoms with van der Waals surface area (Å²) in [5, 5.41) is 3.36. The first-order chi connectivity index (χ1) is 23.5. The van der Waals surface area contributed by atoms with Gasteiger partial charge in [-0.15, -0.1) is 0 Å². The summed E-state index contributed by atoms with van der Waals surface area (Å²) in [5.74, 6) is 0.322. The molecule has 0 fully saturated rings. The Morgan fingerprint density at radius 3 is 1.29 bits per heavy atom. The third-order valence-electron chi connectivity index (χ3n) is 8.43. The van der Waals surface area contributed by atoms with Crippen molar-refractivity contribution >= 4 is 28.8 Å². The molecule has 0 aliphatic rings. The third-order valence-corrected chi connectivity index (χ3v) is 8.43. The van der Waals surface area contributed by atoms with Crippen LogP contribution in [0.25, 0.3) is 0 Å². The SMILES string of the molecule is CC(C)(C)C(=O)c1ccc(C(=O)C(C)(C)C)c(Cc2ccccc2)c1.CC(C)(C)C(=O)c1ccc(C(=O)C(C)(C)C)c(NCc2ccccc2)c1. The van der Waals surface area contributed by atoms with Crippen LogP contribution in [-0.4, -0.2) is 23.1 Å². The fourth-order valence-corrected chi connectivity index (χ4v) is 5.42. The zero-order valence-electron chi connectivity index (χ0n) is 32.8. The van der Waals surface area contributed by atoms with Crippen LogP contribution in [0.15, 0.2) is 97.1 Å². The lowest BCUT2D eigenvalue weighted by Gasteiger charge is -2.22. The molecule has 4 aromatic carbocycles. The summed E-state index contributed by atoms with van der Waals surface area (Å²) in [7, 11) is 0. The van der Waals surface area contributed by atoms with E-state index in [4.69, 9.17) is 0 Å². The molecule has 51 heavy (non-hydrogen) atoms. The molecule has 0 heterocycles. The zero-order chi connectivity index (χ0) is 38.4. The second-order valence-electron chi connectivity index (χ2n) is 17.5. The van der Waals surface area contributed by atoms with Crippen LogP contribution >= 0.6 is 0 Å². The van der Waals surface area contributed by atoms with Crippen molar-refractivity contribution in [2.45, 2.75) is 96.1 Å². The quantitative estimate of drug-likeness (QED) is 0.177. The maximum absolute atomic E-state index is 12.9. The molecule has 0 saturated carbocycles. The van der Waals surface area contributed by atoms with Crippen molar-refractivity contribution in [2.24, 2.45) is 21.7 Å². The number of anilines is 1. The van der Waals surface area contributed by atoms with Crippen molar-refractivity contribution in [1.29, 1.82) is 0 Å². The second kappa shape index (κ2) is 16.1. The largest absolute Gasteiger partial charge is 0.380 e. The van der Waals surface area contributed by atoms with E-state index in [-0.39, 0.29) is 23.1 Å². The number of hydrogen-bond acceptors (Lipinski definition) is 5. The molecule has 4 aromatic rings. The fourth-order valence-electron chi connectivity index (χ4n) is 5.42. The number of carbonyl (C=O) groups excluding carboxylic acids is 4. The highest BCUT2D eigenvalue weighted by molar-refractivity contribution is 6.07. The Morgan fingerprint density at radius 1 is 0.451 bits per heavy atom. The minimum Gasteiger partial charge on any atom is -0.380 e. The van der Waals surface area contributed by atoms with E-state index in [9.17, 15) is 19.2 Å². The van der Waals surface area contributed by atoms with Crippen molar-refractivity contribution < 1.29 is 19.2 Å². The van der Waals surface area contributed by atoms with Gasteiger partial charge in [0.15, 0.2) is 23.1 Å². The van der Waals surface area contributed by atoms with Crippen molar-refractivity contribution in [3.8, 4) is 0 Å². The highest BCUT2D eigenvalue weighted by Gasteiger charge is 2.29. The molecule has 0 unspecified atom stereocenters. The predicted octanol–water partition coefficient (Wildman–Crippen LogP) is 11.5. The molecule has 0 bridgehead atoms. The zero-order valence-corrected chi connectivity index (χ0v) is 32.8. The van der Waals surface area contributed by atoms with E-state index in [1.165, 1.54) is 0 Å². The van der Waals surface area contributed by atoms with Gasteiger partial charge < -0.3 is 5.32 Å². The van der Waals surface area contributed by atoms with Crippen molar-refractivity contribution in [3.05, 3.63) is 136 Å². The van der Waals surface area contributed by atoms with Crippen LogP contribution < -0.4 is 5.32 Å². The minimum absolute atomic E-state index is 0.0582. The van der Waals surface area contributed by atoms with Crippen LogP contribution in [0.4, 0.5) is 5.69 Å². The lowest BCUT2D eigenvalue weighted by molar-refractivity contribution is 0.0847. The Morgan fingerprint density at radius 2 is 0.843 bits per heavy atom. The van der Waals surface area contributed by atoms with Gasteiger partial charge in [0.05, 0.1) is 0 Å². The maximum atomic E-state index is 12.9. The smallest absolute Gasteiger partial charge is 0.170 e. The van der Waals surface area contributed by atoms with Gasteiger partial charge in [0.25, 0.3) is 0 Å². The highest BCUT2D eigenvalue weighted by Crippen LogP contribution is 2.31. The molecule has 1 N–H and O–H groups in total. The summed E-state index contributed by atoms with van der Waals surface area (Å²) in [6.45, 7) is 23.6. The Hall–Kier alpha value is -4.64. The van der Waals surface area contributed by atoms with Crippen molar-refractivity contribution in [1.82, 2.24) is 0 Å². The van der Waals surface area contributed by atoms with E-state index < -0.39 is 21.7 Å². The van der Waals surface area contributed by atoms with Crippen LogP contribution in [0.3, 0.4) is 0 Å². The summed E-state index contributed by atoms with van der Waals surface area (Å²) in [6, 6.07) is 30.9. The van der Waals surface area contributed by atoms with E-state index in [1.807, 2.05) is 162 Å². The van der Waals surface area contributed by atoms with E-state index >= 15 is 0 Å². The molecule has 0 atom stereocenters. The number of Topliss-reactive ketones (excluding diaryl/α,β-unsaturated/α-hetero) is 4. The normalized spacial score (nSPS) is 12.0. The molecular formula is C46H57NO4. The second-order valence-corrected chi connectivity index (χ2v) is 17.5. The van der Waals surface area contributed by atoms with Gasteiger partial charge in [-0.3, -0.25) is 19.2 Å². The Balaban J connectivity index is 0.000000276. The molecule has 4 rings (SSSR count). The Bertz CT molecular complexity index is 1840. The number of benzene rings is 4. The van der Waals surface area contributed by atoms with Gasteiger partial charge in [-0.1, -0.05) is 162 Å². The predicted molar refractivity (Wildman–Crippen MR) is 211 cm³/mol. The van der Waals surface area contributed by atoms with Crippen molar-refractivity contribution in [3.63, 3.8) is 0 Å². The van der Waals surface area contributed by atoms with Gasteiger partial charge in [0, 0.05) is 56.1 Å². The Kier molecular flexibility index (Phi) is 12.9. The van der Waals surface area contributed by atoms with Crippen LogP contribution in [0, 0.1) is 21.7 Å². The van der Waals surface area contributed by atoms with Gasteiger partial charge in [-0.25, -0.2) is 0 Å². The van der Waals surface area contributed by atoms with Crippen LogP contribution in [0.5, 0.6) is 0 Å². The number of ketones is 4. The van der Waals surface area contributed by atoms with Crippen LogP contribution in [-0.2, 0) is 13.0 Å². The highest BCUT2D eigenvalue weighted by atomic mass is 16.1. The Labute approximate surface area is 306 Å². The standard InChI is InChI=1S/C23H29NO2.C23H28O2/c1-22(2,3)20(25)17-12-13-18(21(26)23(4,5)6)19(14-17)24-15-16-10-8-7-9-11-16;1-22(2,3)20(24)17-12-13-19(21(25)23(4,5)6)18(15-17)14-16-10-8-7-9-11-16/h7-14,24H,15H2,1-6H3;7-13,15H,14H2,1-6H3.